The first-order chi connectivity index (χ1) is 12.7. The van der Waals surface area contributed by atoms with Crippen molar-refractivity contribution < 1.29 is 14.3 Å². The molecule has 0 atom stereocenters. The van der Waals surface area contributed by atoms with E-state index in [-0.39, 0.29) is 5.91 Å². The van der Waals surface area contributed by atoms with Crippen LogP contribution in [0, 0.1) is 0 Å². The van der Waals surface area contributed by atoms with Gasteiger partial charge in [0, 0.05) is 18.0 Å². The summed E-state index contributed by atoms with van der Waals surface area (Å²) in [6.45, 7) is 0.921. The Bertz CT molecular complexity index is 847. The van der Waals surface area contributed by atoms with Crippen molar-refractivity contribution >= 4 is 17.2 Å². The number of hydrogen-bond acceptors (Lipinski definition) is 5. The van der Waals surface area contributed by atoms with Gasteiger partial charge in [0.05, 0.1) is 13.7 Å². The maximum atomic E-state index is 12.5. The Morgan fingerprint density at radius 2 is 1.81 bits per heavy atom. The summed E-state index contributed by atoms with van der Waals surface area (Å²) in [5.74, 6) is 1.47. The molecule has 1 amide bonds. The SMILES string of the molecule is COc1ccc(-c2nc(C(=O)N(C)CCOc3ccccc3)cs2)cc1. The van der Waals surface area contributed by atoms with Crippen molar-refractivity contribution in [3.8, 4) is 22.1 Å². The molecule has 2 aromatic carbocycles. The average Bonchev–Trinajstić information content (AvgIpc) is 3.18. The van der Waals surface area contributed by atoms with Crippen molar-refractivity contribution in [2.24, 2.45) is 0 Å². The number of hydrogen-bond donors (Lipinski definition) is 0. The number of thiazole rings is 1. The smallest absolute Gasteiger partial charge is 0.273 e. The molecule has 134 valence electrons. The van der Waals surface area contributed by atoms with Crippen molar-refractivity contribution in [3.63, 3.8) is 0 Å². The van der Waals surface area contributed by atoms with Crippen LogP contribution in [0.4, 0.5) is 0 Å². The number of para-hydroxylation sites is 1. The van der Waals surface area contributed by atoms with Gasteiger partial charge >= 0.3 is 0 Å². The molecule has 0 radical (unpaired) electrons. The van der Waals surface area contributed by atoms with Crippen molar-refractivity contribution in [3.05, 3.63) is 65.7 Å². The summed E-state index contributed by atoms with van der Waals surface area (Å²) in [4.78, 5) is 18.6. The topological polar surface area (TPSA) is 51.7 Å². The number of carbonyl (C=O) groups is 1. The lowest BCUT2D eigenvalue weighted by Gasteiger charge is -2.16. The average molecular weight is 368 g/mol. The van der Waals surface area contributed by atoms with Crippen LogP contribution in [0.25, 0.3) is 10.6 Å². The molecule has 0 N–H and O–H groups in total. The molecule has 1 heterocycles. The highest BCUT2D eigenvalue weighted by Crippen LogP contribution is 2.26. The van der Waals surface area contributed by atoms with Crippen LogP contribution in [0.1, 0.15) is 10.5 Å². The van der Waals surface area contributed by atoms with Crippen LogP contribution in [-0.4, -0.2) is 43.1 Å². The van der Waals surface area contributed by atoms with E-state index in [1.807, 2.05) is 54.6 Å². The number of ether oxygens (including phenoxy) is 2. The van der Waals surface area contributed by atoms with E-state index in [4.69, 9.17) is 9.47 Å². The van der Waals surface area contributed by atoms with Gasteiger partial charge < -0.3 is 14.4 Å². The van der Waals surface area contributed by atoms with Gasteiger partial charge in [-0.3, -0.25) is 4.79 Å². The standard InChI is InChI=1S/C20H20N2O3S/c1-22(12-13-25-17-6-4-3-5-7-17)20(23)18-14-26-19(21-18)15-8-10-16(24-2)11-9-15/h3-11,14H,12-13H2,1-2H3. The quantitative estimate of drug-likeness (QED) is 0.633. The molecule has 3 rings (SSSR count). The lowest BCUT2D eigenvalue weighted by molar-refractivity contribution is 0.0769. The summed E-state index contributed by atoms with van der Waals surface area (Å²) in [5.41, 5.74) is 1.41. The van der Waals surface area contributed by atoms with E-state index in [0.717, 1.165) is 22.1 Å². The Morgan fingerprint density at radius 1 is 1.08 bits per heavy atom. The molecule has 5 nitrogen and oxygen atoms in total. The van der Waals surface area contributed by atoms with Crippen LogP contribution in [-0.2, 0) is 0 Å². The van der Waals surface area contributed by atoms with Crippen molar-refractivity contribution in [1.29, 1.82) is 0 Å². The zero-order valence-electron chi connectivity index (χ0n) is 14.7. The van der Waals surface area contributed by atoms with Gasteiger partial charge in [0.15, 0.2) is 0 Å². The molecular weight excluding hydrogens is 348 g/mol. The molecule has 0 fully saturated rings. The highest BCUT2D eigenvalue weighted by atomic mass is 32.1. The Hall–Kier alpha value is -2.86. The minimum absolute atomic E-state index is 0.113. The van der Waals surface area contributed by atoms with E-state index in [1.165, 1.54) is 11.3 Å². The minimum Gasteiger partial charge on any atom is -0.497 e. The summed E-state index contributed by atoms with van der Waals surface area (Å²) in [7, 11) is 3.38. The Kier molecular flexibility index (Phi) is 5.86. The predicted molar refractivity (Wildman–Crippen MR) is 103 cm³/mol. The molecule has 0 aliphatic carbocycles. The van der Waals surface area contributed by atoms with Crippen LogP contribution >= 0.6 is 11.3 Å². The van der Waals surface area contributed by atoms with Gasteiger partial charge in [-0.25, -0.2) is 4.98 Å². The summed E-state index contributed by atoms with van der Waals surface area (Å²) in [6.07, 6.45) is 0. The highest BCUT2D eigenvalue weighted by molar-refractivity contribution is 7.13. The van der Waals surface area contributed by atoms with Gasteiger partial charge in [0.25, 0.3) is 5.91 Å². The number of likely N-dealkylation sites (N-methyl/N-ethyl adjacent to an activating group) is 1. The number of methoxy groups -OCH3 is 1. The fraction of sp³-hybridized carbons (Fsp3) is 0.200. The number of amides is 1. The number of benzene rings is 2. The molecule has 0 bridgehead atoms. The molecule has 0 spiro atoms. The van der Waals surface area contributed by atoms with Crippen molar-refractivity contribution in [2.45, 2.75) is 0 Å². The molecule has 0 unspecified atom stereocenters. The van der Waals surface area contributed by atoms with E-state index in [2.05, 4.69) is 4.98 Å². The molecule has 1 aromatic heterocycles. The number of rotatable bonds is 7. The van der Waals surface area contributed by atoms with E-state index in [1.54, 1.807) is 24.4 Å². The Morgan fingerprint density at radius 3 is 2.50 bits per heavy atom. The first-order valence-electron chi connectivity index (χ1n) is 8.20. The van der Waals surface area contributed by atoms with Crippen LogP contribution < -0.4 is 9.47 Å². The predicted octanol–water partition coefficient (Wildman–Crippen LogP) is 3.97. The van der Waals surface area contributed by atoms with Gasteiger partial charge in [0.2, 0.25) is 0 Å². The zero-order valence-corrected chi connectivity index (χ0v) is 15.5. The molecule has 0 aliphatic rings. The van der Waals surface area contributed by atoms with Gasteiger partial charge in [0.1, 0.15) is 28.8 Å². The number of nitrogens with zero attached hydrogens (tertiary/aromatic N) is 2. The molecule has 0 aliphatic heterocycles. The molecule has 26 heavy (non-hydrogen) atoms. The first-order valence-corrected chi connectivity index (χ1v) is 9.08. The van der Waals surface area contributed by atoms with Crippen LogP contribution in [0.5, 0.6) is 11.5 Å². The second kappa shape index (κ2) is 8.49. The molecule has 6 heteroatoms. The third-order valence-electron chi connectivity index (χ3n) is 3.85. The van der Waals surface area contributed by atoms with Gasteiger partial charge in [-0.1, -0.05) is 18.2 Å². The van der Waals surface area contributed by atoms with Crippen LogP contribution in [0.2, 0.25) is 0 Å². The highest BCUT2D eigenvalue weighted by Gasteiger charge is 2.16. The van der Waals surface area contributed by atoms with E-state index in [0.29, 0.717) is 18.8 Å². The fourth-order valence-electron chi connectivity index (χ4n) is 2.35. The maximum Gasteiger partial charge on any atom is 0.273 e. The van der Waals surface area contributed by atoms with Crippen LogP contribution in [0.3, 0.4) is 0 Å². The van der Waals surface area contributed by atoms with Gasteiger partial charge in [-0.2, -0.15) is 0 Å². The van der Waals surface area contributed by atoms with Gasteiger partial charge in [-0.05, 0) is 36.4 Å². The summed E-state index contributed by atoms with van der Waals surface area (Å²) < 4.78 is 10.8. The second-order valence-electron chi connectivity index (χ2n) is 5.65. The summed E-state index contributed by atoms with van der Waals surface area (Å²) in [6, 6.07) is 17.2. The first kappa shape index (κ1) is 17.9. The zero-order chi connectivity index (χ0) is 18.4. The Labute approximate surface area is 156 Å². The maximum absolute atomic E-state index is 12.5. The lowest BCUT2D eigenvalue weighted by atomic mass is 10.2. The number of aromatic nitrogens is 1. The third kappa shape index (κ3) is 4.40. The van der Waals surface area contributed by atoms with Crippen LogP contribution in [0.15, 0.2) is 60.0 Å². The number of carbonyl (C=O) groups excluding carboxylic acids is 1. The molecular formula is C20H20N2O3S. The van der Waals surface area contributed by atoms with E-state index >= 15 is 0 Å². The Balaban J connectivity index is 1.58. The lowest BCUT2D eigenvalue weighted by Crippen LogP contribution is -2.31. The van der Waals surface area contributed by atoms with Crippen molar-refractivity contribution in [2.75, 3.05) is 27.3 Å². The molecule has 0 saturated carbocycles. The van der Waals surface area contributed by atoms with Crippen molar-refractivity contribution in [1.82, 2.24) is 9.88 Å². The minimum atomic E-state index is -0.113. The molecule has 3 aromatic rings. The summed E-state index contributed by atoms with van der Waals surface area (Å²) in [5, 5.41) is 2.60. The largest absolute Gasteiger partial charge is 0.497 e. The molecule has 0 saturated heterocycles. The van der Waals surface area contributed by atoms with E-state index in [9.17, 15) is 4.79 Å². The van der Waals surface area contributed by atoms with Gasteiger partial charge in [-0.15, -0.1) is 11.3 Å². The fourth-order valence-corrected chi connectivity index (χ4v) is 3.15. The normalized spacial score (nSPS) is 10.4. The second-order valence-corrected chi connectivity index (χ2v) is 6.51. The van der Waals surface area contributed by atoms with E-state index < -0.39 is 0 Å². The third-order valence-corrected chi connectivity index (χ3v) is 4.74. The monoisotopic (exact) mass is 368 g/mol. The summed E-state index contributed by atoms with van der Waals surface area (Å²) >= 11 is 1.45.